The average Bonchev–Trinajstić information content (AvgIpc) is 2.24. The minimum absolute atomic E-state index is 0.212. The number of alkyl halides is 2. The summed E-state index contributed by atoms with van der Waals surface area (Å²) < 4.78 is 42.6. The normalized spacial score (nSPS) is 10.6. The Morgan fingerprint density at radius 2 is 2.25 bits per heavy atom. The summed E-state index contributed by atoms with van der Waals surface area (Å²) in [5.41, 5.74) is -1.00. The van der Waals surface area contributed by atoms with E-state index < -0.39 is 35.8 Å². The quantitative estimate of drug-likeness (QED) is 0.636. The van der Waals surface area contributed by atoms with Crippen molar-refractivity contribution in [3.05, 3.63) is 27.7 Å². The molecule has 0 saturated heterocycles. The zero-order valence-electron chi connectivity index (χ0n) is 8.14. The molecule has 0 aliphatic heterocycles. The number of ether oxygens (including phenoxy) is 1. The lowest BCUT2D eigenvalue weighted by molar-refractivity contribution is -0.139. The lowest BCUT2D eigenvalue weighted by atomic mass is 10.1. The van der Waals surface area contributed by atoms with Crippen molar-refractivity contribution >= 4 is 21.9 Å². The highest BCUT2D eigenvalue weighted by molar-refractivity contribution is 9.10. The zero-order valence-corrected chi connectivity index (χ0v) is 9.72. The maximum atomic E-state index is 13.5. The average molecular weight is 298 g/mol. The van der Waals surface area contributed by atoms with Crippen LogP contribution in [0, 0.1) is 5.82 Å². The van der Waals surface area contributed by atoms with E-state index in [1.807, 2.05) is 0 Å². The predicted molar refractivity (Wildman–Crippen MR) is 52.6 cm³/mol. The summed E-state index contributed by atoms with van der Waals surface area (Å²) in [5, 5.41) is 0. The van der Waals surface area contributed by atoms with Gasteiger partial charge in [-0.1, -0.05) is 0 Å². The summed E-state index contributed by atoms with van der Waals surface area (Å²) in [6, 6.07) is 0. The summed E-state index contributed by atoms with van der Waals surface area (Å²) >= 11 is 2.76. The number of methoxy groups -OCH3 is 1. The Balaban J connectivity index is 3.20. The number of nitrogens with zero attached hydrogens (tertiary/aromatic N) is 1. The summed E-state index contributed by atoms with van der Waals surface area (Å²) in [4.78, 5) is 14.4. The van der Waals surface area contributed by atoms with E-state index >= 15 is 0 Å². The monoisotopic (exact) mass is 297 g/mol. The summed E-state index contributed by atoms with van der Waals surface area (Å²) in [6.07, 6.45) is -2.62. The molecule has 0 fully saturated rings. The van der Waals surface area contributed by atoms with E-state index in [1.54, 1.807) is 0 Å². The molecule has 0 spiro atoms. The number of carbonyl (C=O) groups is 1. The van der Waals surface area contributed by atoms with Gasteiger partial charge in [0.05, 0.1) is 13.5 Å². The lowest BCUT2D eigenvalue weighted by Gasteiger charge is -2.09. The fourth-order valence-corrected chi connectivity index (χ4v) is 1.44. The minimum Gasteiger partial charge on any atom is -0.469 e. The number of hydrogen-bond acceptors (Lipinski definition) is 3. The van der Waals surface area contributed by atoms with Crippen LogP contribution in [-0.2, 0) is 16.0 Å². The topological polar surface area (TPSA) is 39.2 Å². The van der Waals surface area contributed by atoms with E-state index in [2.05, 4.69) is 25.7 Å². The SMILES string of the molecule is COC(=O)Cc1c(C(F)F)cnc(Br)c1F. The predicted octanol–water partition coefficient (Wildman–Crippen LogP) is 2.64. The Morgan fingerprint density at radius 1 is 1.62 bits per heavy atom. The molecule has 0 radical (unpaired) electrons. The van der Waals surface area contributed by atoms with Crippen molar-refractivity contribution in [3.8, 4) is 0 Å². The molecule has 3 nitrogen and oxygen atoms in total. The van der Waals surface area contributed by atoms with Gasteiger partial charge >= 0.3 is 5.97 Å². The smallest absolute Gasteiger partial charge is 0.310 e. The molecule has 0 N–H and O–H groups in total. The molecular formula is C9H7BrF3NO2. The third-order valence-corrected chi connectivity index (χ3v) is 2.45. The van der Waals surface area contributed by atoms with E-state index in [0.29, 0.717) is 0 Å². The molecule has 1 aromatic heterocycles. The maximum absolute atomic E-state index is 13.5. The van der Waals surface area contributed by atoms with Gasteiger partial charge in [0.25, 0.3) is 6.43 Å². The first-order chi connectivity index (χ1) is 7.47. The molecular weight excluding hydrogens is 291 g/mol. The molecule has 0 bridgehead atoms. The van der Waals surface area contributed by atoms with Crippen molar-refractivity contribution in [2.45, 2.75) is 12.8 Å². The molecule has 0 amide bonds. The van der Waals surface area contributed by atoms with Crippen LogP contribution in [0.1, 0.15) is 17.6 Å². The Hall–Kier alpha value is -1.11. The molecule has 7 heteroatoms. The summed E-state index contributed by atoms with van der Waals surface area (Å²) in [6.45, 7) is 0. The molecule has 0 saturated carbocycles. The highest BCUT2D eigenvalue weighted by Crippen LogP contribution is 2.27. The largest absolute Gasteiger partial charge is 0.469 e. The maximum Gasteiger partial charge on any atom is 0.310 e. The molecule has 1 rings (SSSR count). The molecule has 0 aliphatic carbocycles. The van der Waals surface area contributed by atoms with Crippen molar-refractivity contribution in [2.75, 3.05) is 7.11 Å². The number of esters is 1. The Kier molecular flexibility index (Phi) is 4.28. The standard InChI is InChI=1S/C9H7BrF3NO2/c1-16-6(15)2-4-5(9(12)13)3-14-8(10)7(4)11/h3,9H,2H2,1H3. The van der Waals surface area contributed by atoms with Crippen LogP contribution in [-0.4, -0.2) is 18.1 Å². The van der Waals surface area contributed by atoms with Crippen molar-refractivity contribution in [1.82, 2.24) is 4.98 Å². The van der Waals surface area contributed by atoms with E-state index in [0.717, 1.165) is 13.3 Å². The van der Waals surface area contributed by atoms with Gasteiger partial charge in [0.15, 0.2) is 5.82 Å². The molecule has 1 heterocycles. The number of halogens is 4. The van der Waals surface area contributed by atoms with Crippen LogP contribution in [0.4, 0.5) is 13.2 Å². The van der Waals surface area contributed by atoms with Gasteiger partial charge in [0, 0.05) is 17.3 Å². The molecule has 1 aromatic rings. The van der Waals surface area contributed by atoms with Crippen LogP contribution in [0.2, 0.25) is 0 Å². The number of rotatable bonds is 3. The first-order valence-corrected chi connectivity index (χ1v) is 4.94. The second kappa shape index (κ2) is 5.29. The van der Waals surface area contributed by atoms with E-state index in [-0.39, 0.29) is 4.60 Å². The molecule has 88 valence electrons. The molecule has 16 heavy (non-hydrogen) atoms. The van der Waals surface area contributed by atoms with Crippen molar-refractivity contribution in [3.63, 3.8) is 0 Å². The number of carbonyl (C=O) groups excluding carboxylic acids is 1. The Labute approximate surface area is 97.8 Å². The third-order valence-electron chi connectivity index (χ3n) is 1.90. The second-order valence-electron chi connectivity index (χ2n) is 2.85. The van der Waals surface area contributed by atoms with E-state index in [9.17, 15) is 18.0 Å². The number of hydrogen-bond donors (Lipinski definition) is 0. The number of pyridine rings is 1. The summed E-state index contributed by atoms with van der Waals surface area (Å²) in [5.74, 6) is -1.76. The van der Waals surface area contributed by atoms with Gasteiger partial charge < -0.3 is 4.74 Å². The van der Waals surface area contributed by atoms with Gasteiger partial charge in [-0.05, 0) is 15.9 Å². The van der Waals surface area contributed by atoms with Crippen molar-refractivity contribution in [1.29, 1.82) is 0 Å². The van der Waals surface area contributed by atoms with Gasteiger partial charge in [-0.2, -0.15) is 0 Å². The van der Waals surface area contributed by atoms with Crippen LogP contribution in [0.5, 0.6) is 0 Å². The third kappa shape index (κ3) is 2.72. The van der Waals surface area contributed by atoms with E-state index in [4.69, 9.17) is 0 Å². The minimum atomic E-state index is -2.89. The summed E-state index contributed by atoms with van der Waals surface area (Å²) in [7, 11) is 1.10. The van der Waals surface area contributed by atoms with Crippen LogP contribution in [0.3, 0.4) is 0 Å². The fraction of sp³-hybridized carbons (Fsp3) is 0.333. The highest BCUT2D eigenvalue weighted by atomic mass is 79.9. The van der Waals surface area contributed by atoms with Crippen LogP contribution < -0.4 is 0 Å². The van der Waals surface area contributed by atoms with E-state index in [1.165, 1.54) is 0 Å². The molecule has 0 aromatic carbocycles. The van der Waals surface area contributed by atoms with Gasteiger partial charge in [-0.25, -0.2) is 18.2 Å². The van der Waals surface area contributed by atoms with Crippen LogP contribution >= 0.6 is 15.9 Å². The first-order valence-electron chi connectivity index (χ1n) is 4.15. The molecule has 0 unspecified atom stereocenters. The zero-order chi connectivity index (χ0) is 12.3. The Morgan fingerprint density at radius 3 is 2.75 bits per heavy atom. The van der Waals surface area contributed by atoms with Gasteiger partial charge in [0.1, 0.15) is 4.60 Å². The first kappa shape index (κ1) is 13.0. The van der Waals surface area contributed by atoms with Crippen molar-refractivity contribution in [2.24, 2.45) is 0 Å². The van der Waals surface area contributed by atoms with Crippen LogP contribution in [0.25, 0.3) is 0 Å². The number of aromatic nitrogens is 1. The van der Waals surface area contributed by atoms with Gasteiger partial charge in [-0.15, -0.1) is 0 Å². The van der Waals surface area contributed by atoms with Crippen molar-refractivity contribution < 1.29 is 22.7 Å². The fourth-order valence-electron chi connectivity index (χ4n) is 1.10. The van der Waals surface area contributed by atoms with Gasteiger partial charge in [0.2, 0.25) is 0 Å². The van der Waals surface area contributed by atoms with Crippen LogP contribution in [0.15, 0.2) is 10.8 Å². The molecule has 0 atom stereocenters. The van der Waals surface area contributed by atoms with Gasteiger partial charge in [-0.3, -0.25) is 4.79 Å². The lowest BCUT2D eigenvalue weighted by Crippen LogP contribution is -2.10. The second-order valence-corrected chi connectivity index (χ2v) is 3.60. The molecule has 0 aliphatic rings. The Bertz CT molecular complexity index is 412. The highest BCUT2D eigenvalue weighted by Gasteiger charge is 2.22.